The fraction of sp³-hybridized carbons (Fsp3) is 0.0909. The van der Waals surface area contributed by atoms with E-state index in [2.05, 4.69) is 0 Å². The van der Waals surface area contributed by atoms with Crippen LogP contribution in [-0.4, -0.2) is 30.0 Å². The third-order valence-corrected chi connectivity index (χ3v) is 7.20. The van der Waals surface area contributed by atoms with Gasteiger partial charge in [-0.3, -0.25) is 8.37 Å². The summed E-state index contributed by atoms with van der Waals surface area (Å²) in [5, 5.41) is 3.33. The van der Waals surface area contributed by atoms with E-state index in [4.69, 9.17) is 8.37 Å². The van der Waals surface area contributed by atoms with Gasteiger partial charge in [0.1, 0.15) is 0 Å². The zero-order chi connectivity index (χ0) is 21.2. The van der Waals surface area contributed by atoms with Gasteiger partial charge in [0.2, 0.25) is 0 Å². The molecule has 30 heavy (non-hydrogen) atoms. The van der Waals surface area contributed by atoms with Crippen LogP contribution in [0.5, 0.6) is 0 Å². The van der Waals surface area contributed by atoms with Crippen LogP contribution < -0.4 is 0 Å². The van der Waals surface area contributed by atoms with Crippen molar-refractivity contribution >= 4 is 41.8 Å². The van der Waals surface area contributed by atoms with Crippen molar-refractivity contribution < 1.29 is 25.2 Å². The molecule has 0 saturated heterocycles. The lowest BCUT2D eigenvalue weighted by Gasteiger charge is -2.09. The lowest BCUT2D eigenvalue weighted by atomic mass is 10.1. The van der Waals surface area contributed by atoms with Crippen LogP contribution in [0.3, 0.4) is 0 Å². The minimum Gasteiger partial charge on any atom is -0.264 e. The van der Waals surface area contributed by atoms with Gasteiger partial charge in [-0.1, -0.05) is 60.7 Å². The summed E-state index contributed by atoms with van der Waals surface area (Å²) >= 11 is 0. The Morgan fingerprint density at radius 2 is 0.867 bits per heavy atom. The first-order chi connectivity index (χ1) is 14.4. The largest absolute Gasteiger partial charge is 0.297 e. The summed E-state index contributed by atoms with van der Waals surface area (Å²) in [5.74, 6) is 0. The highest BCUT2D eigenvalue weighted by molar-refractivity contribution is 7.87. The molecule has 0 atom stereocenters. The standard InChI is InChI=1S/C22H18O6S2/c23-29(24,21-11-9-17-5-1-3-7-19(17)15-21)27-13-14-28-30(25,26)22-12-10-18-6-2-4-8-20(18)16-22/h1-12,15-16H,13-14H2. The third-order valence-electron chi connectivity index (χ3n) is 4.58. The molecule has 154 valence electrons. The molecule has 6 nitrogen and oxygen atoms in total. The molecule has 0 bridgehead atoms. The van der Waals surface area contributed by atoms with Gasteiger partial charge in [-0.15, -0.1) is 0 Å². The first-order valence-corrected chi connectivity index (χ1v) is 11.9. The predicted molar refractivity (Wildman–Crippen MR) is 114 cm³/mol. The molecule has 4 aromatic rings. The minimum atomic E-state index is -4.04. The summed E-state index contributed by atoms with van der Waals surface area (Å²) < 4.78 is 59.5. The van der Waals surface area contributed by atoms with Crippen LogP contribution in [0.4, 0.5) is 0 Å². The summed E-state index contributed by atoms with van der Waals surface area (Å²) in [6.45, 7) is -0.857. The Morgan fingerprint density at radius 1 is 0.500 bits per heavy atom. The van der Waals surface area contributed by atoms with E-state index in [1.165, 1.54) is 24.3 Å². The number of hydrogen-bond acceptors (Lipinski definition) is 6. The molecule has 4 aromatic carbocycles. The summed E-state index contributed by atoms with van der Waals surface area (Å²) in [6, 6.07) is 24.0. The summed E-state index contributed by atoms with van der Waals surface area (Å²) in [6.07, 6.45) is 0. The Hall–Kier alpha value is -2.78. The highest BCUT2D eigenvalue weighted by atomic mass is 32.2. The van der Waals surface area contributed by atoms with Crippen LogP contribution in [0.25, 0.3) is 21.5 Å². The maximum atomic E-state index is 12.4. The van der Waals surface area contributed by atoms with E-state index in [0.29, 0.717) is 0 Å². The van der Waals surface area contributed by atoms with Gasteiger partial charge in [0.05, 0.1) is 23.0 Å². The van der Waals surface area contributed by atoms with E-state index in [-0.39, 0.29) is 9.79 Å². The Labute approximate surface area is 174 Å². The van der Waals surface area contributed by atoms with Crippen molar-refractivity contribution in [3.05, 3.63) is 84.9 Å². The second kappa shape index (κ2) is 8.16. The molecule has 0 unspecified atom stereocenters. The lowest BCUT2D eigenvalue weighted by molar-refractivity contribution is 0.225. The van der Waals surface area contributed by atoms with E-state index in [1.54, 1.807) is 24.3 Å². The highest BCUT2D eigenvalue weighted by Gasteiger charge is 2.19. The molecule has 0 heterocycles. The molecule has 0 fully saturated rings. The van der Waals surface area contributed by atoms with Gasteiger partial charge in [-0.05, 0) is 45.8 Å². The average molecular weight is 443 g/mol. The summed E-state index contributed by atoms with van der Waals surface area (Å²) in [4.78, 5) is -0.00262. The average Bonchev–Trinajstić information content (AvgIpc) is 2.76. The number of fused-ring (bicyclic) bond motifs is 2. The monoisotopic (exact) mass is 442 g/mol. The first-order valence-electron chi connectivity index (χ1n) is 9.12. The molecular weight excluding hydrogens is 424 g/mol. The van der Waals surface area contributed by atoms with Gasteiger partial charge in [0.15, 0.2) is 0 Å². The SMILES string of the molecule is O=S(=O)(OCCOS(=O)(=O)c1ccc2ccccc2c1)c1ccc2ccccc2c1. The van der Waals surface area contributed by atoms with Gasteiger partial charge < -0.3 is 0 Å². The van der Waals surface area contributed by atoms with Gasteiger partial charge in [-0.25, -0.2) is 0 Å². The second-order valence-electron chi connectivity index (χ2n) is 6.57. The molecule has 0 spiro atoms. The molecule has 0 N–H and O–H groups in total. The zero-order valence-electron chi connectivity index (χ0n) is 15.8. The van der Waals surface area contributed by atoms with Gasteiger partial charge >= 0.3 is 0 Å². The molecule has 0 aliphatic rings. The fourth-order valence-electron chi connectivity index (χ4n) is 3.07. The van der Waals surface area contributed by atoms with Gasteiger partial charge in [0, 0.05) is 0 Å². The topological polar surface area (TPSA) is 86.7 Å². The molecule has 0 radical (unpaired) electrons. The normalized spacial score (nSPS) is 12.4. The molecule has 4 rings (SSSR count). The van der Waals surface area contributed by atoms with Crippen LogP contribution in [-0.2, 0) is 28.6 Å². The fourth-order valence-corrected chi connectivity index (χ4v) is 4.93. The summed E-state index contributed by atoms with van der Waals surface area (Å²) in [7, 11) is -8.08. The van der Waals surface area contributed by atoms with Crippen molar-refractivity contribution in [2.45, 2.75) is 9.79 Å². The van der Waals surface area contributed by atoms with Crippen molar-refractivity contribution in [1.29, 1.82) is 0 Å². The van der Waals surface area contributed by atoms with Crippen LogP contribution in [0.1, 0.15) is 0 Å². The smallest absolute Gasteiger partial charge is 0.264 e. The minimum absolute atomic E-state index is 0.00131. The molecule has 0 aliphatic carbocycles. The molecule has 0 aliphatic heterocycles. The lowest BCUT2D eigenvalue weighted by Crippen LogP contribution is -2.15. The van der Waals surface area contributed by atoms with Crippen molar-refractivity contribution in [1.82, 2.24) is 0 Å². The van der Waals surface area contributed by atoms with Crippen molar-refractivity contribution in [2.75, 3.05) is 13.2 Å². The second-order valence-corrected chi connectivity index (χ2v) is 9.80. The van der Waals surface area contributed by atoms with E-state index < -0.39 is 33.5 Å². The maximum Gasteiger partial charge on any atom is 0.297 e. The Morgan fingerprint density at radius 3 is 1.27 bits per heavy atom. The number of rotatable bonds is 7. The van der Waals surface area contributed by atoms with E-state index >= 15 is 0 Å². The highest BCUT2D eigenvalue weighted by Crippen LogP contribution is 2.22. The van der Waals surface area contributed by atoms with Crippen LogP contribution in [0.2, 0.25) is 0 Å². The van der Waals surface area contributed by atoms with Crippen LogP contribution in [0, 0.1) is 0 Å². The number of benzene rings is 4. The quantitative estimate of drug-likeness (QED) is 0.316. The van der Waals surface area contributed by atoms with Gasteiger partial charge in [-0.2, -0.15) is 16.8 Å². The Balaban J connectivity index is 1.41. The molecule has 0 amide bonds. The zero-order valence-corrected chi connectivity index (χ0v) is 17.4. The van der Waals surface area contributed by atoms with E-state index in [9.17, 15) is 16.8 Å². The molecule has 8 heteroatoms. The van der Waals surface area contributed by atoms with E-state index in [0.717, 1.165) is 21.5 Å². The van der Waals surface area contributed by atoms with Crippen LogP contribution in [0.15, 0.2) is 94.7 Å². The summed E-state index contributed by atoms with van der Waals surface area (Å²) in [5.41, 5.74) is 0. The van der Waals surface area contributed by atoms with E-state index in [1.807, 2.05) is 36.4 Å². The predicted octanol–water partition coefficient (Wildman–Crippen LogP) is 4.10. The molecule has 0 aromatic heterocycles. The Bertz CT molecular complexity index is 1320. The molecular formula is C22H18O6S2. The van der Waals surface area contributed by atoms with Crippen molar-refractivity contribution in [3.63, 3.8) is 0 Å². The van der Waals surface area contributed by atoms with Crippen molar-refractivity contribution in [2.24, 2.45) is 0 Å². The number of hydrogen-bond donors (Lipinski definition) is 0. The Kier molecular flexibility index (Phi) is 5.57. The van der Waals surface area contributed by atoms with Gasteiger partial charge in [0.25, 0.3) is 20.2 Å². The molecule has 0 saturated carbocycles. The third kappa shape index (κ3) is 4.36. The first kappa shape index (κ1) is 20.5. The maximum absolute atomic E-state index is 12.4. The van der Waals surface area contributed by atoms with Crippen molar-refractivity contribution in [3.8, 4) is 0 Å². The van der Waals surface area contributed by atoms with Crippen LogP contribution >= 0.6 is 0 Å².